The molecule has 6 heteroatoms. The van der Waals surface area contributed by atoms with E-state index in [1.54, 1.807) is 19.9 Å². The van der Waals surface area contributed by atoms with Crippen molar-refractivity contribution >= 4 is 28.2 Å². The summed E-state index contributed by atoms with van der Waals surface area (Å²) in [6.07, 6.45) is 0. The first-order valence-corrected chi connectivity index (χ1v) is 5.99. The maximum absolute atomic E-state index is 13.0. The number of carbonyl (C=O) groups is 1. The fraction of sp³-hybridized carbons (Fsp3) is 0.167. The first-order valence-electron chi connectivity index (χ1n) is 5.22. The Labute approximate surface area is 107 Å². The van der Waals surface area contributed by atoms with Gasteiger partial charge < -0.3 is 10.4 Å². The smallest absolute Gasteiger partial charge is 0.340 e. The molecule has 1 heterocycles. The van der Waals surface area contributed by atoms with Crippen LogP contribution in [0.1, 0.15) is 21.6 Å². The van der Waals surface area contributed by atoms with Crippen molar-refractivity contribution in [1.82, 2.24) is 4.37 Å². The van der Waals surface area contributed by atoms with Gasteiger partial charge in [-0.05, 0) is 49.1 Å². The van der Waals surface area contributed by atoms with Gasteiger partial charge in [-0.3, -0.25) is 0 Å². The highest BCUT2D eigenvalue weighted by Crippen LogP contribution is 2.29. The molecule has 4 nitrogen and oxygen atoms in total. The molecule has 0 radical (unpaired) electrons. The van der Waals surface area contributed by atoms with Gasteiger partial charge in [0.1, 0.15) is 16.4 Å². The molecule has 0 unspecified atom stereocenters. The Morgan fingerprint density at radius 1 is 1.44 bits per heavy atom. The number of hydrogen-bond donors (Lipinski definition) is 2. The van der Waals surface area contributed by atoms with E-state index in [0.717, 1.165) is 11.5 Å². The third-order valence-corrected chi connectivity index (χ3v) is 3.37. The minimum absolute atomic E-state index is 0.156. The lowest BCUT2D eigenvalue weighted by Gasteiger charge is -2.08. The van der Waals surface area contributed by atoms with E-state index in [9.17, 15) is 9.18 Å². The summed E-state index contributed by atoms with van der Waals surface area (Å²) >= 11 is 1.08. The Morgan fingerprint density at radius 2 is 2.17 bits per heavy atom. The second kappa shape index (κ2) is 4.73. The molecule has 2 aromatic rings. The van der Waals surface area contributed by atoms with E-state index in [4.69, 9.17) is 5.11 Å². The molecule has 18 heavy (non-hydrogen) atoms. The molecule has 0 saturated heterocycles. The highest BCUT2D eigenvalue weighted by Gasteiger charge is 2.17. The molecule has 0 aliphatic rings. The lowest BCUT2D eigenvalue weighted by atomic mass is 10.2. The van der Waals surface area contributed by atoms with Crippen LogP contribution < -0.4 is 5.32 Å². The lowest BCUT2D eigenvalue weighted by Crippen LogP contribution is -2.02. The van der Waals surface area contributed by atoms with Gasteiger partial charge >= 0.3 is 5.97 Å². The molecule has 0 fully saturated rings. The first kappa shape index (κ1) is 12.5. The number of carboxylic acids is 1. The Kier molecular flexibility index (Phi) is 3.29. The normalized spacial score (nSPS) is 10.4. The van der Waals surface area contributed by atoms with Gasteiger partial charge in [-0.1, -0.05) is 0 Å². The summed E-state index contributed by atoms with van der Waals surface area (Å²) in [4.78, 5) is 11.1. The summed E-state index contributed by atoms with van der Waals surface area (Å²) < 4.78 is 17.0. The number of aryl methyl sites for hydroxylation is 2. The molecular formula is C12H11FN2O2S. The minimum atomic E-state index is -1.02. The van der Waals surface area contributed by atoms with Crippen LogP contribution in [-0.2, 0) is 0 Å². The molecule has 2 N–H and O–H groups in total. The van der Waals surface area contributed by atoms with Gasteiger partial charge in [0, 0.05) is 5.69 Å². The molecule has 0 atom stereocenters. The Balaban J connectivity index is 2.37. The van der Waals surface area contributed by atoms with Crippen molar-refractivity contribution in [3.8, 4) is 0 Å². The van der Waals surface area contributed by atoms with E-state index >= 15 is 0 Å². The quantitative estimate of drug-likeness (QED) is 0.894. The van der Waals surface area contributed by atoms with Gasteiger partial charge in [0.15, 0.2) is 0 Å². The van der Waals surface area contributed by atoms with Crippen LogP contribution in [0.4, 0.5) is 15.1 Å². The molecule has 0 aliphatic carbocycles. The highest BCUT2D eigenvalue weighted by atomic mass is 32.1. The van der Waals surface area contributed by atoms with Crippen molar-refractivity contribution in [2.75, 3.05) is 5.32 Å². The zero-order valence-corrected chi connectivity index (χ0v) is 10.6. The second-order valence-electron chi connectivity index (χ2n) is 3.86. The van der Waals surface area contributed by atoms with Crippen molar-refractivity contribution in [3.63, 3.8) is 0 Å². The minimum Gasteiger partial charge on any atom is -0.478 e. The summed E-state index contributed by atoms with van der Waals surface area (Å²) in [5, 5.41) is 12.5. The molecular weight excluding hydrogens is 255 g/mol. The number of aromatic nitrogens is 1. The number of anilines is 2. The molecule has 94 valence electrons. The number of carboxylic acid groups (broad SMARTS) is 1. The average Bonchev–Trinajstić information content (AvgIpc) is 2.64. The molecule has 0 spiro atoms. The fourth-order valence-electron chi connectivity index (χ4n) is 1.60. The number of nitrogens with one attached hydrogen (secondary N) is 1. The number of nitrogens with zero attached hydrogens (tertiary/aromatic N) is 1. The van der Waals surface area contributed by atoms with E-state index < -0.39 is 5.97 Å². The van der Waals surface area contributed by atoms with Crippen molar-refractivity contribution in [3.05, 3.63) is 40.8 Å². The number of aromatic carboxylic acids is 1. The predicted octanol–water partition coefficient (Wildman–Crippen LogP) is 3.34. The topological polar surface area (TPSA) is 62.2 Å². The largest absolute Gasteiger partial charge is 0.478 e. The van der Waals surface area contributed by atoms with E-state index in [1.165, 1.54) is 12.1 Å². The van der Waals surface area contributed by atoms with Crippen molar-refractivity contribution < 1.29 is 14.3 Å². The molecule has 0 aliphatic heterocycles. The van der Waals surface area contributed by atoms with Gasteiger partial charge in [0.2, 0.25) is 0 Å². The molecule has 0 bridgehead atoms. The van der Waals surface area contributed by atoms with Crippen LogP contribution >= 0.6 is 11.5 Å². The van der Waals surface area contributed by atoms with E-state index in [-0.39, 0.29) is 11.4 Å². The Hall–Kier alpha value is -1.95. The van der Waals surface area contributed by atoms with Crippen LogP contribution in [0.3, 0.4) is 0 Å². The van der Waals surface area contributed by atoms with Crippen LogP contribution in [0.15, 0.2) is 18.2 Å². The standard InChI is InChI=1S/C12H11FN2O2S/c1-6-5-8(13)3-4-9(6)14-11-10(12(16)17)7(2)15-18-11/h3-5,14H,1-2H3,(H,16,17). The van der Waals surface area contributed by atoms with E-state index in [1.807, 2.05) is 0 Å². The number of benzene rings is 1. The molecule has 0 saturated carbocycles. The highest BCUT2D eigenvalue weighted by molar-refractivity contribution is 7.10. The van der Waals surface area contributed by atoms with Crippen LogP contribution in [0.2, 0.25) is 0 Å². The van der Waals surface area contributed by atoms with Crippen LogP contribution in [0.5, 0.6) is 0 Å². The van der Waals surface area contributed by atoms with Crippen molar-refractivity contribution in [2.45, 2.75) is 13.8 Å². The summed E-state index contributed by atoms with van der Waals surface area (Å²) in [5.41, 5.74) is 2.00. The fourth-order valence-corrected chi connectivity index (χ4v) is 2.40. The third kappa shape index (κ3) is 2.33. The summed E-state index contributed by atoms with van der Waals surface area (Å²) in [7, 11) is 0. The van der Waals surface area contributed by atoms with Crippen molar-refractivity contribution in [2.24, 2.45) is 0 Å². The van der Waals surface area contributed by atoms with Crippen LogP contribution in [0.25, 0.3) is 0 Å². The van der Waals surface area contributed by atoms with Crippen LogP contribution in [-0.4, -0.2) is 15.4 Å². The molecule has 0 amide bonds. The molecule has 1 aromatic heterocycles. The third-order valence-electron chi connectivity index (χ3n) is 2.51. The van der Waals surface area contributed by atoms with Gasteiger partial charge in [-0.25, -0.2) is 9.18 Å². The maximum Gasteiger partial charge on any atom is 0.340 e. The van der Waals surface area contributed by atoms with Gasteiger partial charge in [-0.2, -0.15) is 4.37 Å². The molecule has 2 rings (SSSR count). The average molecular weight is 266 g/mol. The number of halogens is 1. The zero-order valence-electron chi connectivity index (χ0n) is 9.82. The SMILES string of the molecule is Cc1cc(F)ccc1Nc1snc(C)c1C(=O)O. The summed E-state index contributed by atoms with van der Waals surface area (Å²) in [6.45, 7) is 3.39. The van der Waals surface area contributed by atoms with Gasteiger partial charge in [0.05, 0.1) is 5.69 Å². The monoisotopic (exact) mass is 266 g/mol. The number of hydrogen-bond acceptors (Lipinski definition) is 4. The van der Waals surface area contributed by atoms with E-state index in [2.05, 4.69) is 9.69 Å². The summed E-state index contributed by atoms with van der Waals surface area (Å²) in [5.74, 6) is -1.35. The lowest BCUT2D eigenvalue weighted by molar-refractivity contribution is 0.0697. The summed E-state index contributed by atoms with van der Waals surface area (Å²) in [6, 6.07) is 4.28. The van der Waals surface area contributed by atoms with Gasteiger partial charge in [-0.15, -0.1) is 0 Å². The van der Waals surface area contributed by atoms with Crippen molar-refractivity contribution in [1.29, 1.82) is 0 Å². The molecule has 1 aromatic carbocycles. The second-order valence-corrected chi connectivity index (χ2v) is 4.63. The zero-order chi connectivity index (χ0) is 13.3. The number of rotatable bonds is 3. The maximum atomic E-state index is 13.0. The van der Waals surface area contributed by atoms with Gasteiger partial charge in [0.25, 0.3) is 0 Å². The van der Waals surface area contributed by atoms with Crippen LogP contribution in [0, 0.1) is 19.7 Å². The van der Waals surface area contributed by atoms with E-state index in [0.29, 0.717) is 21.9 Å². The Morgan fingerprint density at radius 3 is 2.78 bits per heavy atom. The first-order chi connectivity index (χ1) is 8.49. The Bertz CT molecular complexity index is 610. The predicted molar refractivity (Wildman–Crippen MR) is 68.2 cm³/mol.